The van der Waals surface area contributed by atoms with Crippen molar-refractivity contribution >= 4 is 21.8 Å². The zero-order valence-corrected chi connectivity index (χ0v) is 14.3. The molecule has 1 aromatic rings. The quantitative estimate of drug-likeness (QED) is 0.843. The molecule has 4 heteroatoms. The monoisotopic (exact) mass is 329 g/mol. The average Bonchev–Trinajstić information content (AvgIpc) is 2.47. The molecule has 0 saturated carbocycles. The molecule has 0 bridgehead atoms. The fraction of sp³-hybridized carbons (Fsp3) is 0.667. The molecule has 0 aliphatic heterocycles. The lowest BCUT2D eigenvalue weighted by atomic mass is 9.90. The van der Waals surface area contributed by atoms with Crippen molar-refractivity contribution < 1.29 is 9.21 Å². The molecular weight excluding hydrogens is 306 g/mol. The lowest BCUT2D eigenvalue weighted by Gasteiger charge is -2.22. The normalized spacial score (nSPS) is 13.4. The van der Waals surface area contributed by atoms with Gasteiger partial charge in [-0.15, -0.1) is 0 Å². The van der Waals surface area contributed by atoms with Gasteiger partial charge in [-0.1, -0.05) is 36.7 Å². The molecule has 0 aliphatic carbocycles. The van der Waals surface area contributed by atoms with Gasteiger partial charge in [-0.3, -0.25) is 4.79 Å². The van der Waals surface area contributed by atoms with Gasteiger partial charge in [-0.25, -0.2) is 0 Å². The summed E-state index contributed by atoms with van der Waals surface area (Å²) in [5, 5.41) is 2.97. The van der Waals surface area contributed by atoms with Gasteiger partial charge in [0.25, 0.3) is 5.91 Å². The first-order chi connectivity index (χ1) is 8.61. The second-order valence-electron chi connectivity index (χ2n) is 6.29. The molecule has 1 atom stereocenters. The Balaban J connectivity index is 2.61. The van der Waals surface area contributed by atoms with E-state index in [2.05, 4.69) is 42.0 Å². The van der Waals surface area contributed by atoms with Crippen molar-refractivity contribution in [1.82, 2.24) is 5.32 Å². The number of hydrogen-bond donors (Lipinski definition) is 1. The van der Waals surface area contributed by atoms with Crippen LogP contribution in [0.4, 0.5) is 0 Å². The van der Waals surface area contributed by atoms with Gasteiger partial charge in [-0.2, -0.15) is 0 Å². The van der Waals surface area contributed by atoms with Crippen molar-refractivity contribution in [2.45, 2.75) is 52.8 Å². The number of halogens is 1. The summed E-state index contributed by atoms with van der Waals surface area (Å²) in [6, 6.07) is 0. The zero-order valence-electron chi connectivity index (χ0n) is 12.7. The van der Waals surface area contributed by atoms with E-state index in [4.69, 9.17) is 4.42 Å². The Labute approximate surface area is 124 Å². The second-order valence-corrected chi connectivity index (χ2v) is 7.58. The van der Waals surface area contributed by atoms with E-state index in [9.17, 15) is 4.79 Å². The number of alkyl halides is 1. The molecule has 108 valence electrons. The summed E-state index contributed by atoms with van der Waals surface area (Å²) >= 11 is 3.62. The third kappa shape index (κ3) is 4.68. The summed E-state index contributed by atoms with van der Waals surface area (Å²) in [6.07, 6.45) is 1.01. The van der Waals surface area contributed by atoms with E-state index in [1.54, 1.807) is 0 Å². The predicted octanol–water partition coefficient (Wildman–Crippen LogP) is 4.13. The second kappa shape index (κ2) is 6.12. The highest BCUT2D eigenvalue weighted by atomic mass is 79.9. The van der Waals surface area contributed by atoms with E-state index in [1.807, 2.05) is 20.8 Å². The first-order valence-electron chi connectivity index (χ1n) is 6.60. The summed E-state index contributed by atoms with van der Waals surface area (Å²) in [5.41, 5.74) is 1.85. The van der Waals surface area contributed by atoms with E-state index < -0.39 is 0 Å². The smallest absolute Gasteiger partial charge is 0.255 e. The van der Waals surface area contributed by atoms with Gasteiger partial charge in [0.2, 0.25) is 0 Å². The average molecular weight is 330 g/mol. The molecule has 19 heavy (non-hydrogen) atoms. The fourth-order valence-corrected chi connectivity index (χ4v) is 3.29. The van der Waals surface area contributed by atoms with Crippen molar-refractivity contribution in [2.75, 3.05) is 6.54 Å². The Bertz CT molecular complexity index is 457. The molecule has 1 N–H and O–H groups in total. The van der Waals surface area contributed by atoms with Gasteiger partial charge in [0.15, 0.2) is 0 Å². The van der Waals surface area contributed by atoms with Crippen LogP contribution in [0, 0.1) is 26.2 Å². The van der Waals surface area contributed by atoms with Crippen LogP contribution in [0.15, 0.2) is 4.42 Å². The van der Waals surface area contributed by atoms with Crippen LogP contribution in [0.5, 0.6) is 0 Å². The first kappa shape index (κ1) is 16.3. The Kier molecular flexibility index (Phi) is 5.25. The van der Waals surface area contributed by atoms with Crippen LogP contribution in [0.2, 0.25) is 0 Å². The highest BCUT2D eigenvalue weighted by Gasteiger charge is 2.21. The molecule has 1 heterocycles. The van der Waals surface area contributed by atoms with Crippen LogP contribution in [0.1, 0.15) is 54.6 Å². The van der Waals surface area contributed by atoms with Crippen LogP contribution in [0.3, 0.4) is 0 Å². The van der Waals surface area contributed by atoms with Crippen molar-refractivity contribution in [1.29, 1.82) is 0 Å². The molecule has 3 nitrogen and oxygen atoms in total. The van der Waals surface area contributed by atoms with Crippen LogP contribution in [0.25, 0.3) is 0 Å². The number of carbonyl (C=O) groups excluding carboxylic acids is 1. The maximum atomic E-state index is 12.2. The number of aryl methyl sites for hydroxylation is 2. The Hall–Kier alpha value is -0.770. The highest BCUT2D eigenvalue weighted by molar-refractivity contribution is 9.09. The van der Waals surface area contributed by atoms with Gasteiger partial charge in [0.1, 0.15) is 11.5 Å². The summed E-state index contributed by atoms with van der Waals surface area (Å²) in [5.74, 6) is 1.45. The zero-order chi connectivity index (χ0) is 14.8. The van der Waals surface area contributed by atoms with Gasteiger partial charge in [0.05, 0.1) is 5.56 Å². The largest absolute Gasteiger partial charge is 0.466 e. The lowest BCUT2D eigenvalue weighted by Crippen LogP contribution is -2.31. The third-order valence-electron chi connectivity index (χ3n) is 3.11. The van der Waals surface area contributed by atoms with E-state index in [0.29, 0.717) is 17.9 Å². The van der Waals surface area contributed by atoms with E-state index in [-0.39, 0.29) is 16.1 Å². The number of hydrogen-bond acceptors (Lipinski definition) is 2. The predicted molar refractivity (Wildman–Crippen MR) is 82.0 cm³/mol. The molecule has 1 unspecified atom stereocenters. The molecule has 0 spiro atoms. The molecule has 1 amide bonds. The van der Waals surface area contributed by atoms with Gasteiger partial charge in [-0.05, 0) is 32.6 Å². The van der Waals surface area contributed by atoms with Gasteiger partial charge >= 0.3 is 0 Å². The molecule has 1 rings (SSSR count). The minimum absolute atomic E-state index is 0.0507. The van der Waals surface area contributed by atoms with Crippen LogP contribution < -0.4 is 5.32 Å². The molecule has 0 saturated heterocycles. The Morgan fingerprint density at radius 1 is 1.26 bits per heavy atom. The van der Waals surface area contributed by atoms with Crippen molar-refractivity contribution in [3.05, 3.63) is 22.6 Å². The summed E-state index contributed by atoms with van der Waals surface area (Å²) in [7, 11) is 0. The number of nitrogens with one attached hydrogen (secondary N) is 1. The van der Waals surface area contributed by atoms with E-state index >= 15 is 0 Å². The summed E-state index contributed by atoms with van der Waals surface area (Å²) < 4.78 is 5.48. The molecular formula is C15H24BrNO2. The molecule has 1 aromatic heterocycles. The maximum Gasteiger partial charge on any atom is 0.255 e. The van der Waals surface area contributed by atoms with Crippen molar-refractivity contribution in [2.24, 2.45) is 5.41 Å². The number of amides is 1. The summed E-state index contributed by atoms with van der Waals surface area (Å²) in [4.78, 5) is 12.5. The molecule has 0 radical (unpaired) electrons. The SMILES string of the molecule is Cc1oc(C)c(C(=O)NCC(Br)CC(C)(C)C)c1C. The van der Waals surface area contributed by atoms with Crippen LogP contribution in [-0.4, -0.2) is 17.3 Å². The maximum absolute atomic E-state index is 12.2. The van der Waals surface area contributed by atoms with Gasteiger partial charge < -0.3 is 9.73 Å². The minimum atomic E-state index is -0.0507. The first-order valence-corrected chi connectivity index (χ1v) is 7.52. The fourth-order valence-electron chi connectivity index (χ4n) is 2.16. The van der Waals surface area contributed by atoms with E-state index in [1.165, 1.54) is 0 Å². The topological polar surface area (TPSA) is 42.2 Å². The number of carbonyl (C=O) groups is 1. The van der Waals surface area contributed by atoms with Crippen molar-refractivity contribution in [3.63, 3.8) is 0 Å². The minimum Gasteiger partial charge on any atom is -0.466 e. The van der Waals surface area contributed by atoms with Crippen LogP contribution >= 0.6 is 15.9 Å². The number of rotatable bonds is 4. The Morgan fingerprint density at radius 3 is 2.26 bits per heavy atom. The van der Waals surface area contributed by atoms with Crippen LogP contribution in [-0.2, 0) is 0 Å². The lowest BCUT2D eigenvalue weighted by molar-refractivity contribution is 0.0950. The van der Waals surface area contributed by atoms with Crippen molar-refractivity contribution in [3.8, 4) is 0 Å². The summed E-state index contributed by atoms with van der Waals surface area (Å²) in [6.45, 7) is 12.8. The molecule has 0 fully saturated rings. The van der Waals surface area contributed by atoms with E-state index in [0.717, 1.165) is 17.7 Å². The molecule has 0 aliphatic rings. The highest BCUT2D eigenvalue weighted by Crippen LogP contribution is 2.24. The third-order valence-corrected chi connectivity index (χ3v) is 3.75. The number of furan rings is 1. The Morgan fingerprint density at radius 2 is 1.84 bits per heavy atom. The molecule has 0 aromatic carbocycles. The standard InChI is InChI=1S/C15H24BrNO2/c1-9-10(2)19-11(3)13(9)14(18)17-8-12(16)7-15(4,5)6/h12H,7-8H2,1-6H3,(H,17,18). The van der Waals surface area contributed by atoms with Gasteiger partial charge in [0, 0.05) is 16.9 Å².